The molecule has 0 bridgehead atoms. The molecule has 6 heteroatoms. The number of hydrogen-bond acceptors (Lipinski definition) is 5. The molecule has 0 saturated carbocycles. The number of furan rings is 1. The van der Waals surface area contributed by atoms with Gasteiger partial charge in [-0.2, -0.15) is 0 Å². The Labute approximate surface area is 149 Å². The first-order valence-electron chi connectivity index (χ1n) is 8.23. The van der Waals surface area contributed by atoms with Crippen molar-refractivity contribution in [1.29, 1.82) is 0 Å². The highest BCUT2D eigenvalue weighted by Gasteiger charge is 2.12. The Balaban J connectivity index is 1.76. The van der Waals surface area contributed by atoms with Gasteiger partial charge >= 0.3 is 0 Å². The first-order chi connectivity index (χ1) is 12.8. The van der Waals surface area contributed by atoms with Crippen molar-refractivity contribution in [2.75, 3.05) is 6.61 Å². The molecular weight excluding hydrogens is 330 g/mol. The van der Waals surface area contributed by atoms with Gasteiger partial charge in [0.2, 0.25) is 0 Å². The third-order valence-electron chi connectivity index (χ3n) is 4.18. The zero-order chi connectivity index (χ0) is 17.9. The average Bonchev–Trinajstić information content (AvgIpc) is 3.28. The number of rotatable bonds is 5. The number of aromatic hydroxyl groups is 1. The van der Waals surface area contributed by atoms with Crippen LogP contribution in [0, 0.1) is 0 Å². The predicted octanol–water partition coefficient (Wildman–Crippen LogP) is 3.81. The molecule has 0 aliphatic carbocycles. The van der Waals surface area contributed by atoms with Crippen molar-refractivity contribution in [1.82, 2.24) is 9.97 Å². The molecule has 26 heavy (non-hydrogen) atoms. The van der Waals surface area contributed by atoms with Gasteiger partial charge < -0.3 is 19.6 Å². The van der Waals surface area contributed by atoms with Crippen LogP contribution in [-0.2, 0) is 6.42 Å². The maximum absolute atomic E-state index is 10.3. The van der Waals surface area contributed by atoms with Crippen LogP contribution in [0.25, 0.3) is 22.4 Å². The molecule has 0 atom stereocenters. The lowest BCUT2D eigenvalue weighted by Crippen LogP contribution is -1.91. The summed E-state index contributed by atoms with van der Waals surface area (Å²) in [6, 6.07) is 13.2. The fraction of sp³-hybridized carbons (Fsp3) is 0.100. The van der Waals surface area contributed by atoms with E-state index in [0.29, 0.717) is 23.4 Å². The number of aliphatic hydroxyl groups is 1. The highest BCUT2D eigenvalue weighted by Crippen LogP contribution is 2.29. The van der Waals surface area contributed by atoms with E-state index < -0.39 is 0 Å². The molecule has 1 aromatic carbocycles. The molecule has 4 aromatic rings. The monoisotopic (exact) mass is 347 g/mol. The molecule has 0 amide bonds. The topological polar surface area (TPSA) is 94.6 Å². The van der Waals surface area contributed by atoms with Gasteiger partial charge in [0.05, 0.1) is 17.5 Å². The van der Waals surface area contributed by atoms with E-state index in [-0.39, 0.29) is 12.5 Å². The summed E-state index contributed by atoms with van der Waals surface area (Å²) in [7, 11) is 0. The maximum Gasteiger partial charge on any atom is 0.199 e. The summed E-state index contributed by atoms with van der Waals surface area (Å²) in [6.07, 6.45) is 5.43. The molecule has 0 unspecified atom stereocenters. The minimum atomic E-state index is 0.00693. The van der Waals surface area contributed by atoms with Gasteiger partial charge in [-0.05, 0) is 36.2 Å². The summed E-state index contributed by atoms with van der Waals surface area (Å²) in [4.78, 5) is 11.7. The number of aromatic nitrogens is 2. The summed E-state index contributed by atoms with van der Waals surface area (Å²) in [5.74, 6) is 0.712. The SMILES string of the molecule is OCCc1ccccc1N=Cc1c(O)[nH]c2ncc(-c3ccco3)cc12. The molecule has 0 saturated heterocycles. The van der Waals surface area contributed by atoms with E-state index in [4.69, 9.17) is 4.42 Å². The Morgan fingerprint density at radius 3 is 2.88 bits per heavy atom. The summed E-state index contributed by atoms with van der Waals surface area (Å²) < 4.78 is 5.42. The first kappa shape index (κ1) is 16.1. The average molecular weight is 347 g/mol. The van der Waals surface area contributed by atoms with Crippen molar-refractivity contribution in [3.63, 3.8) is 0 Å². The van der Waals surface area contributed by atoms with Gasteiger partial charge in [-0.1, -0.05) is 18.2 Å². The van der Waals surface area contributed by atoms with Gasteiger partial charge in [0.1, 0.15) is 11.4 Å². The molecule has 3 heterocycles. The standard InChI is InChI=1S/C20H17N3O3/c24-8-7-13-4-1-2-5-17(13)21-12-16-15-10-14(18-6-3-9-26-18)11-22-19(15)23-20(16)25/h1-6,9-12,24-25H,7-8H2,(H,22,23). The van der Waals surface area contributed by atoms with E-state index in [2.05, 4.69) is 15.0 Å². The quantitative estimate of drug-likeness (QED) is 0.478. The van der Waals surface area contributed by atoms with E-state index in [9.17, 15) is 10.2 Å². The zero-order valence-electron chi connectivity index (χ0n) is 13.9. The van der Waals surface area contributed by atoms with Gasteiger partial charge in [0.15, 0.2) is 5.88 Å². The van der Waals surface area contributed by atoms with Gasteiger partial charge in [0, 0.05) is 30.0 Å². The Kier molecular flexibility index (Phi) is 4.25. The highest BCUT2D eigenvalue weighted by molar-refractivity contribution is 6.02. The zero-order valence-corrected chi connectivity index (χ0v) is 13.9. The summed E-state index contributed by atoms with van der Waals surface area (Å²) in [5.41, 5.74) is 3.64. The van der Waals surface area contributed by atoms with E-state index in [1.165, 1.54) is 0 Å². The van der Waals surface area contributed by atoms with Crippen molar-refractivity contribution >= 4 is 22.9 Å². The number of fused-ring (bicyclic) bond motifs is 1. The van der Waals surface area contributed by atoms with Crippen molar-refractivity contribution in [3.8, 4) is 17.2 Å². The third-order valence-corrected chi connectivity index (χ3v) is 4.18. The molecule has 0 spiro atoms. The Bertz CT molecular complexity index is 1070. The van der Waals surface area contributed by atoms with Crippen molar-refractivity contribution in [2.45, 2.75) is 6.42 Å². The lowest BCUT2D eigenvalue weighted by Gasteiger charge is -2.03. The van der Waals surface area contributed by atoms with Crippen molar-refractivity contribution < 1.29 is 14.6 Å². The molecule has 4 rings (SSSR count). The van der Waals surface area contributed by atoms with Crippen molar-refractivity contribution in [3.05, 3.63) is 66.1 Å². The van der Waals surface area contributed by atoms with E-state index in [1.807, 2.05) is 42.5 Å². The first-order valence-corrected chi connectivity index (χ1v) is 8.23. The normalized spacial score (nSPS) is 11.6. The van der Waals surface area contributed by atoms with Crippen LogP contribution in [0.15, 0.2) is 64.3 Å². The molecule has 3 N–H and O–H groups in total. The fourth-order valence-corrected chi connectivity index (χ4v) is 2.89. The maximum atomic E-state index is 10.3. The van der Waals surface area contributed by atoms with Crippen LogP contribution in [0.1, 0.15) is 11.1 Å². The van der Waals surface area contributed by atoms with Crippen LogP contribution in [-0.4, -0.2) is 33.0 Å². The molecular formula is C20H17N3O3. The van der Waals surface area contributed by atoms with Crippen LogP contribution < -0.4 is 0 Å². The molecule has 0 radical (unpaired) electrons. The molecule has 3 aromatic heterocycles. The van der Waals surface area contributed by atoms with Gasteiger partial charge in [0.25, 0.3) is 0 Å². The van der Waals surface area contributed by atoms with Gasteiger partial charge in [-0.3, -0.25) is 4.99 Å². The number of H-pyrrole nitrogens is 1. The second kappa shape index (κ2) is 6.85. The lowest BCUT2D eigenvalue weighted by atomic mass is 10.1. The number of pyridine rings is 1. The largest absolute Gasteiger partial charge is 0.494 e. The molecule has 0 fully saturated rings. The smallest absolute Gasteiger partial charge is 0.199 e. The van der Waals surface area contributed by atoms with E-state index in [1.54, 1.807) is 18.7 Å². The molecule has 130 valence electrons. The third kappa shape index (κ3) is 2.98. The minimum absolute atomic E-state index is 0.00693. The van der Waals surface area contributed by atoms with E-state index >= 15 is 0 Å². The Morgan fingerprint density at radius 1 is 1.19 bits per heavy atom. The second-order valence-electron chi connectivity index (χ2n) is 5.85. The van der Waals surface area contributed by atoms with Crippen LogP contribution in [0.3, 0.4) is 0 Å². The van der Waals surface area contributed by atoms with Crippen LogP contribution in [0.5, 0.6) is 5.88 Å². The number of hydrogen-bond donors (Lipinski definition) is 3. The number of nitrogens with zero attached hydrogens (tertiary/aromatic N) is 2. The number of aliphatic hydroxyl groups excluding tert-OH is 1. The van der Waals surface area contributed by atoms with Crippen LogP contribution in [0.2, 0.25) is 0 Å². The fourth-order valence-electron chi connectivity index (χ4n) is 2.89. The number of nitrogens with one attached hydrogen (secondary N) is 1. The number of benzene rings is 1. The van der Waals surface area contributed by atoms with Gasteiger partial charge in [-0.25, -0.2) is 4.98 Å². The predicted molar refractivity (Wildman–Crippen MR) is 99.9 cm³/mol. The summed E-state index contributed by atoms with van der Waals surface area (Å²) >= 11 is 0. The van der Waals surface area contributed by atoms with E-state index in [0.717, 1.165) is 22.2 Å². The lowest BCUT2D eigenvalue weighted by molar-refractivity contribution is 0.300. The van der Waals surface area contributed by atoms with Crippen molar-refractivity contribution in [2.24, 2.45) is 4.99 Å². The van der Waals surface area contributed by atoms with Crippen LogP contribution in [0.4, 0.5) is 5.69 Å². The molecule has 6 nitrogen and oxygen atoms in total. The second-order valence-corrected chi connectivity index (χ2v) is 5.85. The Hall–Kier alpha value is -3.38. The number of aromatic amines is 1. The summed E-state index contributed by atoms with van der Waals surface area (Å²) in [6.45, 7) is 0.0568. The Morgan fingerprint density at radius 2 is 2.08 bits per heavy atom. The highest BCUT2D eigenvalue weighted by atomic mass is 16.3. The minimum Gasteiger partial charge on any atom is -0.494 e. The number of para-hydroxylation sites is 1. The molecule has 0 aliphatic heterocycles. The van der Waals surface area contributed by atoms with Gasteiger partial charge in [-0.15, -0.1) is 0 Å². The number of aliphatic imine (C=N–C) groups is 1. The van der Waals surface area contributed by atoms with Crippen LogP contribution >= 0.6 is 0 Å². The summed E-state index contributed by atoms with van der Waals surface area (Å²) in [5, 5.41) is 20.2. The molecule has 0 aliphatic rings.